The van der Waals surface area contributed by atoms with Gasteiger partial charge in [0.15, 0.2) is 0 Å². The summed E-state index contributed by atoms with van der Waals surface area (Å²) in [5, 5.41) is 0. The van der Waals surface area contributed by atoms with Crippen LogP contribution in [0, 0.1) is 5.82 Å². The first kappa shape index (κ1) is 19.0. The molecule has 2 aromatic rings. The second-order valence-corrected chi connectivity index (χ2v) is 8.04. The summed E-state index contributed by atoms with van der Waals surface area (Å²) in [6, 6.07) is 8.95. The van der Waals surface area contributed by atoms with Crippen molar-refractivity contribution in [2.45, 2.75) is 50.2 Å². The van der Waals surface area contributed by atoms with Gasteiger partial charge in [-0.1, -0.05) is 31.2 Å². The molecule has 0 N–H and O–H groups in total. The number of halogens is 4. The Labute approximate surface area is 161 Å². The number of likely N-dealkylation sites (tertiary alicyclic amines) is 1. The van der Waals surface area contributed by atoms with E-state index in [1.165, 1.54) is 6.07 Å². The molecule has 2 aromatic carbocycles. The highest BCUT2D eigenvalue weighted by Gasteiger charge is 2.46. The van der Waals surface area contributed by atoms with E-state index in [0.717, 1.165) is 42.5 Å². The van der Waals surface area contributed by atoms with Crippen molar-refractivity contribution in [1.29, 1.82) is 0 Å². The van der Waals surface area contributed by atoms with Gasteiger partial charge in [0.2, 0.25) is 5.91 Å². The lowest BCUT2D eigenvalue weighted by atomic mass is 9.63. The van der Waals surface area contributed by atoms with Crippen LogP contribution in [0.1, 0.15) is 42.9 Å². The van der Waals surface area contributed by atoms with E-state index >= 15 is 0 Å². The average molecular weight is 391 g/mol. The predicted octanol–water partition coefficient (Wildman–Crippen LogP) is 5.34. The molecule has 1 fully saturated rings. The Hall–Kier alpha value is -2.37. The molecule has 4 rings (SSSR count). The smallest absolute Gasteiger partial charge is 0.342 e. The molecular weight excluding hydrogens is 370 g/mol. The van der Waals surface area contributed by atoms with Crippen molar-refractivity contribution in [2.24, 2.45) is 0 Å². The molecule has 2 atom stereocenters. The number of likely N-dealkylation sites (N-methyl/N-ethyl adjacent to an activating group) is 1. The van der Waals surface area contributed by atoms with Crippen LogP contribution in [0.25, 0.3) is 11.1 Å². The molecule has 28 heavy (non-hydrogen) atoms. The predicted molar refractivity (Wildman–Crippen MR) is 98.3 cm³/mol. The Morgan fingerprint density at radius 1 is 1.07 bits per heavy atom. The molecule has 1 heterocycles. The topological polar surface area (TPSA) is 20.3 Å². The van der Waals surface area contributed by atoms with Crippen molar-refractivity contribution in [3.05, 3.63) is 58.9 Å². The van der Waals surface area contributed by atoms with Crippen molar-refractivity contribution in [1.82, 2.24) is 4.90 Å². The van der Waals surface area contributed by atoms with Crippen molar-refractivity contribution >= 4 is 5.91 Å². The van der Waals surface area contributed by atoms with Crippen molar-refractivity contribution in [3.8, 4) is 11.1 Å². The Morgan fingerprint density at radius 2 is 1.75 bits per heavy atom. The number of alkyl halides is 3. The second kappa shape index (κ2) is 6.33. The minimum atomic E-state index is -4.73. The number of hydrogen-bond donors (Lipinski definition) is 0. The summed E-state index contributed by atoms with van der Waals surface area (Å²) in [5.41, 5.74) is 1.84. The van der Waals surface area contributed by atoms with Crippen LogP contribution in [-0.2, 0) is 22.8 Å². The largest absolute Gasteiger partial charge is 0.419 e. The van der Waals surface area contributed by atoms with Gasteiger partial charge in [0.1, 0.15) is 5.82 Å². The molecule has 1 aliphatic heterocycles. The second-order valence-electron chi connectivity index (χ2n) is 8.04. The number of nitrogens with zero attached hydrogens (tertiary/aromatic N) is 1. The number of aryl methyl sites for hydroxylation is 1. The number of carbonyl (C=O) groups excluding carboxylic acids is 1. The van der Waals surface area contributed by atoms with Gasteiger partial charge in [-0.05, 0) is 53.6 Å². The van der Waals surface area contributed by atoms with Gasteiger partial charge in [-0.3, -0.25) is 4.79 Å². The number of piperidine rings is 1. The van der Waals surface area contributed by atoms with Crippen LogP contribution in [0.4, 0.5) is 17.6 Å². The Morgan fingerprint density at radius 3 is 2.46 bits per heavy atom. The van der Waals surface area contributed by atoms with E-state index in [1.807, 2.05) is 24.1 Å². The monoisotopic (exact) mass is 391 g/mol. The van der Waals surface area contributed by atoms with Crippen molar-refractivity contribution in [2.75, 3.05) is 7.05 Å². The number of fused-ring (bicyclic) bond motifs is 3. The molecule has 148 valence electrons. The Kier molecular flexibility index (Phi) is 4.28. The number of hydrogen-bond acceptors (Lipinski definition) is 1. The van der Waals surface area contributed by atoms with Crippen LogP contribution in [0.5, 0.6) is 0 Å². The maximum absolute atomic E-state index is 13.6. The fourth-order valence-corrected chi connectivity index (χ4v) is 4.89. The van der Waals surface area contributed by atoms with Gasteiger partial charge in [0.05, 0.1) is 5.56 Å². The fraction of sp³-hybridized carbons (Fsp3) is 0.409. The molecule has 1 aliphatic carbocycles. The summed E-state index contributed by atoms with van der Waals surface area (Å²) in [7, 11) is 1.85. The lowest BCUT2D eigenvalue weighted by molar-refractivity contribution is -0.140. The summed E-state index contributed by atoms with van der Waals surface area (Å²) in [4.78, 5) is 13.9. The van der Waals surface area contributed by atoms with Crippen molar-refractivity contribution < 1.29 is 22.4 Å². The summed E-state index contributed by atoms with van der Waals surface area (Å²) >= 11 is 0. The highest BCUT2D eigenvalue weighted by Crippen LogP contribution is 2.46. The Bertz CT molecular complexity index is 952. The molecule has 1 saturated heterocycles. The van der Waals surface area contributed by atoms with Gasteiger partial charge in [-0.15, -0.1) is 0 Å². The van der Waals surface area contributed by atoms with Crippen LogP contribution < -0.4 is 0 Å². The van der Waals surface area contributed by atoms with Gasteiger partial charge in [-0.2, -0.15) is 13.2 Å². The maximum Gasteiger partial charge on any atom is 0.419 e. The minimum Gasteiger partial charge on any atom is -0.342 e. The van der Waals surface area contributed by atoms with E-state index < -0.39 is 17.6 Å². The van der Waals surface area contributed by atoms with E-state index in [4.69, 9.17) is 0 Å². The molecule has 0 spiro atoms. The third-order valence-corrected chi connectivity index (χ3v) is 6.47. The molecule has 0 aromatic heterocycles. The molecule has 0 unspecified atom stereocenters. The van der Waals surface area contributed by atoms with Gasteiger partial charge >= 0.3 is 6.18 Å². The van der Waals surface area contributed by atoms with Gasteiger partial charge in [0, 0.05) is 24.9 Å². The van der Waals surface area contributed by atoms with E-state index in [9.17, 15) is 22.4 Å². The number of amides is 1. The molecule has 2 nitrogen and oxygen atoms in total. The first-order valence-electron chi connectivity index (χ1n) is 9.37. The summed E-state index contributed by atoms with van der Waals surface area (Å²) in [6.07, 6.45) is -1.88. The third-order valence-electron chi connectivity index (χ3n) is 6.47. The molecule has 0 saturated carbocycles. The van der Waals surface area contributed by atoms with E-state index in [2.05, 4.69) is 6.92 Å². The lowest BCUT2D eigenvalue weighted by Crippen LogP contribution is -2.56. The average Bonchev–Trinajstić information content (AvgIpc) is 2.64. The molecule has 1 amide bonds. The number of rotatable bonds is 1. The molecular formula is C22H21F4NO. The van der Waals surface area contributed by atoms with Gasteiger partial charge < -0.3 is 4.90 Å². The zero-order chi connectivity index (χ0) is 20.3. The van der Waals surface area contributed by atoms with E-state index in [-0.39, 0.29) is 17.4 Å². The third kappa shape index (κ3) is 2.90. The first-order chi connectivity index (χ1) is 13.1. The van der Waals surface area contributed by atoms with Gasteiger partial charge in [-0.25, -0.2) is 4.39 Å². The van der Waals surface area contributed by atoms with Crippen molar-refractivity contribution in [3.63, 3.8) is 0 Å². The minimum absolute atomic E-state index is 0.134. The summed E-state index contributed by atoms with van der Waals surface area (Å²) in [6.45, 7) is 2.16. The van der Waals surface area contributed by atoms with Crippen LogP contribution in [0.2, 0.25) is 0 Å². The number of carbonyl (C=O) groups is 1. The van der Waals surface area contributed by atoms with Crippen LogP contribution in [0.3, 0.4) is 0 Å². The standard InChI is InChI=1S/C22H21F4NO/c1-21-10-9-20(28)27(2)19(21)8-5-15-11-13(3-6-16(15)21)14-4-7-18(23)17(12-14)22(24,25)26/h3-4,6-7,11-12,19H,5,8-10H2,1-2H3/t19-,21-/m1/s1. The summed E-state index contributed by atoms with van der Waals surface area (Å²) in [5.74, 6) is -1.10. The Balaban J connectivity index is 1.75. The highest BCUT2D eigenvalue weighted by molar-refractivity contribution is 5.78. The maximum atomic E-state index is 13.6. The van der Waals surface area contributed by atoms with E-state index in [1.54, 1.807) is 6.07 Å². The quantitative estimate of drug-likeness (QED) is 0.601. The normalized spacial score (nSPS) is 24.7. The van der Waals surface area contributed by atoms with Gasteiger partial charge in [0.25, 0.3) is 0 Å². The highest BCUT2D eigenvalue weighted by atomic mass is 19.4. The van der Waals surface area contributed by atoms with Crippen LogP contribution >= 0.6 is 0 Å². The lowest BCUT2D eigenvalue weighted by Gasteiger charge is -2.50. The molecule has 6 heteroatoms. The van der Waals surface area contributed by atoms with Crippen LogP contribution in [0.15, 0.2) is 36.4 Å². The zero-order valence-electron chi connectivity index (χ0n) is 15.7. The zero-order valence-corrected chi connectivity index (χ0v) is 15.7. The SMILES string of the molecule is CN1C(=O)CC[C@]2(C)c3ccc(-c4ccc(F)c(C(F)(F)F)c4)cc3CC[C@@H]12. The summed E-state index contributed by atoms with van der Waals surface area (Å²) < 4.78 is 52.8. The number of benzene rings is 2. The molecule has 0 radical (unpaired) electrons. The molecule has 2 aliphatic rings. The van der Waals surface area contributed by atoms with E-state index in [0.29, 0.717) is 17.5 Å². The fourth-order valence-electron chi connectivity index (χ4n) is 4.89. The molecule has 0 bridgehead atoms. The first-order valence-corrected chi connectivity index (χ1v) is 9.37. The van der Waals surface area contributed by atoms with Crippen LogP contribution in [-0.4, -0.2) is 23.9 Å².